The summed E-state index contributed by atoms with van der Waals surface area (Å²) in [6, 6.07) is 6.54. The van der Waals surface area contributed by atoms with Crippen LogP contribution in [-0.2, 0) is 14.8 Å². The molecule has 1 aromatic carbocycles. The van der Waals surface area contributed by atoms with Crippen LogP contribution in [0.5, 0.6) is 0 Å². The summed E-state index contributed by atoms with van der Waals surface area (Å²) in [5, 5.41) is 3.20. The number of carbonyl (C=O) groups excluding carboxylic acids is 2. The van der Waals surface area contributed by atoms with Gasteiger partial charge in [-0.1, -0.05) is 31.7 Å². The van der Waals surface area contributed by atoms with Gasteiger partial charge < -0.3 is 10.2 Å². The van der Waals surface area contributed by atoms with Crippen LogP contribution < -0.4 is 5.32 Å². The van der Waals surface area contributed by atoms with Gasteiger partial charge in [0.15, 0.2) is 0 Å². The molecule has 7 nitrogen and oxygen atoms in total. The number of benzene rings is 1. The molecule has 0 bridgehead atoms. The highest BCUT2D eigenvalue weighted by Crippen LogP contribution is 2.27. The van der Waals surface area contributed by atoms with Crippen molar-refractivity contribution in [2.45, 2.75) is 88.1 Å². The highest BCUT2D eigenvalue weighted by atomic mass is 32.2. The van der Waals surface area contributed by atoms with Gasteiger partial charge in [0.05, 0.1) is 4.90 Å². The predicted octanol–water partition coefficient (Wildman–Crippen LogP) is 3.55. The van der Waals surface area contributed by atoms with E-state index in [0.717, 1.165) is 57.8 Å². The molecule has 1 aromatic rings. The molecule has 0 radical (unpaired) electrons. The normalized spacial score (nSPS) is 23.9. The number of amides is 2. The van der Waals surface area contributed by atoms with E-state index in [1.807, 2.05) is 6.92 Å². The second-order valence-electron chi connectivity index (χ2n) is 9.90. The molecule has 2 amide bonds. The molecule has 33 heavy (non-hydrogen) atoms. The van der Waals surface area contributed by atoms with Crippen molar-refractivity contribution in [1.82, 2.24) is 14.5 Å². The summed E-state index contributed by atoms with van der Waals surface area (Å²) in [4.78, 5) is 27.6. The van der Waals surface area contributed by atoms with E-state index in [1.165, 1.54) is 12.5 Å². The summed E-state index contributed by atoms with van der Waals surface area (Å²) in [5.74, 6) is 0.172. The molecule has 1 saturated carbocycles. The van der Waals surface area contributed by atoms with Crippen LogP contribution in [0, 0.1) is 5.92 Å². The Morgan fingerprint density at radius 1 is 0.909 bits per heavy atom. The summed E-state index contributed by atoms with van der Waals surface area (Å²) in [7, 11) is -3.62. The fourth-order valence-corrected chi connectivity index (χ4v) is 7.19. The zero-order valence-electron chi connectivity index (χ0n) is 19.7. The third-order valence-electron chi connectivity index (χ3n) is 7.53. The molecule has 0 aromatic heterocycles. The highest BCUT2D eigenvalue weighted by molar-refractivity contribution is 7.89. The Labute approximate surface area is 198 Å². The molecule has 182 valence electrons. The van der Waals surface area contributed by atoms with E-state index >= 15 is 0 Å². The van der Waals surface area contributed by atoms with Gasteiger partial charge in [-0.3, -0.25) is 9.59 Å². The second-order valence-corrected chi connectivity index (χ2v) is 11.8. The number of sulfonamides is 1. The zero-order chi connectivity index (χ0) is 23.4. The summed E-state index contributed by atoms with van der Waals surface area (Å²) >= 11 is 0. The number of nitrogens with one attached hydrogen (secondary N) is 1. The van der Waals surface area contributed by atoms with Crippen LogP contribution in [0.25, 0.3) is 0 Å². The first kappa shape index (κ1) is 24.2. The average molecular weight is 476 g/mol. The van der Waals surface area contributed by atoms with E-state index in [9.17, 15) is 18.0 Å². The first-order chi connectivity index (χ1) is 15.9. The van der Waals surface area contributed by atoms with Gasteiger partial charge in [-0.2, -0.15) is 4.31 Å². The number of likely N-dealkylation sites (tertiary alicyclic amines) is 1. The van der Waals surface area contributed by atoms with E-state index in [-0.39, 0.29) is 34.7 Å². The van der Waals surface area contributed by atoms with Crippen LogP contribution in [0.15, 0.2) is 29.2 Å². The van der Waals surface area contributed by atoms with Gasteiger partial charge in [0.1, 0.15) is 0 Å². The maximum atomic E-state index is 13.2. The SMILES string of the molecule is CC1CCCCN1S(=O)(=O)c1cccc(C(=O)N2CCC(NC(=O)C3CCCCC3)CC2)c1. The Morgan fingerprint density at radius 2 is 1.61 bits per heavy atom. The van der Waals surface area contributed by atoms with Crippen molar-refractivity contribution in [3.05, 3.63) is 29.8 Å². The lowest BCUT2D eigenvalue weighted by Gasteiger charge is -2.34. The lowest BCUT2D eigenvalue weighted by atomic mass is 9.88. The molecule has 4 rings (SSSR count). The molecule has 3 aliphatic rings. The van der Waals surface area contributed by atoms with Gasteiger partial charge in [-0.25, -0.2) is 8.42 Å². The van der Waals surface area contributed by atoms with Crippen molar-refractivity contribution < 1.29 is 18.0 Å². The lowest BCUT2D eigenvalue weighted by molar-refractivity contribution is -0.126. The molecule has 2 heterocycles. The van der Waals surface area contributed by atoms with Crippen LogP contribution >= 0.6 is 0 Å². The van der Waals surface area contributed by atoms with Gasteiger partial charge in [0.25, 0.3) is 5.91 Å². The van der Waals surface area contributed by atoms with Crippen molar-refractivity contribution in [3.8, 4) is 0 Å². The van der Waals surface area contributed by atoms with E-state index in [2.05, 4.69) is 5.32 Å². The number of nitrogens with zero attached hydrogens (tertiary/aromatic N) is 2. The van der Waals surface area contributed by atoms with Crippen molar-refractivity contribution in [3.63, 3.8) is 0 Å². The number of piperidine rings is 2. The fourth-order valence-electron chi connectivity index (χ4n) is 5.45. The Balaban J connectivity index is 1.36. The minimum absolute atomic E-state index is 0.0223. The van der Waals surface area contributed by atoms with Crippen molar-refractivity contribution in [2.75, 3.05) is 19.6 Å². The van der Waals surface area contributed by atoms with Crippen LogP contribution in [-0.4, -0.2) is 61.2 Å². The third kappa shape index (κ3) is 5.60. The molecule has 0 spiro atoms. The zero-order valence-corrected chi connectivity index (χ0v) is 20.5. The van der Waals surface area contributed by atoms with E-state index in [0.29, 0.717) is 25.2 Å². The Kier molecular flexibility index (Phi) is 7.74. The van der Waals surface area contributed by atoms with Crippen LogP contribution in [0.2, 0.25) is 0 Å². The van der Waals surface area contributed by atoms with Gasteiger partial charge >= 0.3 is 0 Å². The van der Waals surface area contributed by atoms with Gasteiger partial charge in [-0.15, -0.1) is 0 Å². The number of hydrogen-bond donors (Lipinski definition) is 1. The van der Waals surface area contributed by atoms with Gasteiger partial charge in [-0.05, 0) is 63.6 Å². The molecular formula is C25H37N3O4S. The first-order valence-electron chi connectivity index (χ1n) is 12.6. The standard InChI is InChI=1S/C25H37N3O4S/c1-19-8-5-6-15-28(19)33(31,32)23-12-7-11-21(18-23)25(30)27-16-13-22(14-17-27)26-24(29)20-9-3-2-4-10-20/h7,11-12,18-20,22H,2-6,8-10,13-17H2,1H3,(H,26,29). The minimum Gasteiger partial charge on any atom is -0.353 e. The molecular weight excluding hydrogens is 438 g/mol. The van der Waals surface area contributed by atoms with Crippen molar-refractivity contribution >= 4 is 21.8 Å². The Morgan fingerprint density at radius 3 is 2.30 bits per heavy atom. The molecule has 8 heteroatoms. The summed E-state index contributed by atoms with van der Waals surface area (Å²) in [5.41, 5.74) is 0.408. The van der Waals surface area contributed by atoms with Crippen LogP contribution in [0.3, 0.4) is 0 Å². The van der Waals surface area contributed by atoms with E-state index in [4.69, 9.17) is 0 Å². The highest BCUT2D eigenvalue weighted by Gasteiger charge is 2.32. The van der Waals surface area contributed by atoms with E-state index < -0.39 is 10.0 Å². The maximum absolute atomic E-state index is 13.2. The number of carbonyl (C=O) groups is 2. The summed E-state index contributed by atoms with van der Waals surface area (Å²) in [6.45, 7) is 3.61. The predicted molar refractivity (Wildman–Crippen MR) is 127 cm³/mol. The number of rotatable bonds is 5. The van der Waals surface area contributed by atoms with Crippen LogP contribution in [0.1, 0.15) is 81.5 Å². The van der Waals surface area contributed by atoms with Crippen molar-refractivity contribution in [2.24, 2.45) is 5.92 Å². The molecule has 3 fully saturated rings. The first-order valence-corrected chi connectivity index (χ1v) is 14.0. The van der Waals surface area contributed by atoms with E-state index in [1.54, 1.807) is 27.4 Å². The third-order valence-corrected chi connectivity index (χ3v) is 9.54. The number of hydrogen-bond acceptors (Lipinski definition) is 4. The fraction of sp³-hybridized carbons (Fsp3) is 0.680. The molecule has 1 unspecified atom stereocenters. The molecule has 2 aliphatic heterocycles. The molecule has 1 aliphatic carbocycles. The smallest absolute Gasteiger partial charge is 0.253 e. The summed E-state index contributed by atoms with van der Waals surface area (Å²) in [6.07, 6.45) is 9.70. The van der Waals surface area contributed by atoms with Crippen LogP contribution in [0.4, 0.5) is 0 Å². The minimum atomic E-state index is -3.62. The monoisotopic (exact) mass is 475 g/mol. The van der Waals surface area contributed by atoms with Crippen molar-refractivity contribution in [1.29, 1.82) is 0 Å². The molecule has 2 saturated heterocycles. The molecule has 1 atom stereocenters. The topological polar surface area (TPSA) is 86.8 Å². The average Bonchev–Trinajstić information content (AvgIpc) is 2.85. The quantitative estimate of drug-likeness (QED) is 0.706. The Hall–Kier alpha value is -1.93. The second kappa shape index (κ2) is 10.6. The Bertz CT molecular complexity index is 950. The molecule has 1 N–H and O–H groups in total. The largest absolute Gasteiger partial charge is 0.353 e. The maximum Gasteiger partial charge on any atom is 0.253 e. The van der Waals surface area contributed by atoms with Gasteiger partial charge in [0.2, 0.25) is 15.9 Å². The van der Waals surface area contributed by atoms with Gasteiger partial charge in [0, 0.05) is 43.2 Å². The lowest BCUT2D eigenvalue weighted by Crippen LogP contribution is -2.48. The summed E-state index contributed by atoms with van der Waals surface area (Å²) < 4.78 is 27.9.